The molecule has 0 aliphatic heterocycles. The third-order valence-corrected chi connectivity index (χ3v) is 5.21. The number of hydrogen-bond donors (Lipinski definition) is 1. The van der Waals surface area contributed by atoms with Crippen LogP contribution in [0.2, 0.25) is 0 Å². The number of amides is 1. The summed E-state index contributed by atoms with van der Waals surface area (Å²) in [6, 6.07) is 3.35. The van der Waals surface area contributed by atoms with Gasteiger partial charge in [0, 0.05) is 6.26 Å². The van der Waals surface area contributed by atoms with Crippen molar-refractivity contribution in [3.8, 4) is 0 Å². The average molecular weight is 296 g/mol. The minimum atomic E-state index is -3.51. The number of pyridine rings is 1. The third kappa shape index (κ3) is 2.51. The molecular formula is C12H16N4O3S. The van der Waals surface area contributed by atoms with Gasteiger partial charge in [0.2, 0.25) is 5.91 Å². The highest BCUT2D eigenvalue weighted by Gasteiger charge is 2.38. The molecule has 0 aliphatic carbocycles. The Morgan fingerprint density at radius 3 is 2.60 bits per heavy atom. The topological polar surface area (TPSA) is 93.4 Å². The molecule has 0 atom stereocenters. The summed E-state index contributed by atoms with van der Waals surface area (Å²) in [5.41, 5.74) is 1.12. The maximum atomic E-state index is 12.1. The lowest BCUT2D eigenvalue weighted by molar-refractivity contribution is -0.117. The normalized spacial score (nSPS) is 12.6. The number of nitrogens with zero attached hydrogens (tertiary/aromatic N) is 3. The lowest BCUT2D eigenvalue weighted by Gasteiger charge is -2.21. The molecule has 0 saturated carbocycles. The smallest absolute Gasteiger partial charge is 0.245 e. The number of aryl methyl sites for hydroxylation is 1. The first-order valence-electron chi connectivity index (χ1n) is 5.95. The van der Waals surface area contributed by atoms with Crippen molar-refractivity contribution in [2.45, 2.75) is 25.5 Å². The van der Waals surface area contributed by atoms with Crippen LogP contribution in [0.15, 0.2) is 18.3 Å². The van der Waals surface area contributed by atoms with Crippen LogP contribution in [-0.4, -0.2) is 39.9 Å². The Hall–Kier alpha value is -1.96. The number of carbonyl (C=O) groups is 1. The number of sulfone groups is 1. The second-order valence-corrected chi connectivity index (χ2v) is 7.68. The van der Waals surface area contributed by atoms with Gasteiger partial charge in [0.05, 0.1) is 11.9 Å². The summed E-state index contributed by atoms with van der Waals surface area (Å²) in [5.74, 6) is 0.0288. The van der Waals surface area contributed by atoms with Gasteiger partial charge >= 0.3 is 0 Å². The SMILES string of the molecule is Cc1nc2ccc(NC(=O)C(C)(C)S(C)(=O)=O)cn2n1. The molecule has 8 heteroatoms. The summed E-state index contributed by atoms with van der Waals surface area (Å²) >= 11 is 0. The second-order valence-electron chi connectivity index (χ2n) is 5.12. The summed E-state index contributed by atoms with van der Waals surface area (Å²) in [6.07, 6.45) is 2.63. The molecule has 108 valence electrons. The van der Waals surface area contributed by atoms with Crippen LogP contribution < -0.4 is 5.32 Å². The van der Waals surface area contributed by atoms with Gasteiger partial charge < -0.3 is 5.32 Å². The van der Waals surface area contributed by atoms with E-state index in [-0.39, 0.29) is 0 Å². The molecule has 0 saturated heterocycles. The van der Waals surface area contributed by atoms with E-state index in [1.54, 1.807) is 25.3 Å². The van der Waals surface area contributed by atoms with Crippen LogP contribution in [0.1, 0.15) is 19.7 Å². The van der Waals surface area contributed by atoms with Crippen LogP contribution in [0.25, 0.3) is 5.65 Å². The molecule has 0 aromatic carbocycles. The predicted molar refractivity (Wildman–Crippen MR) is 75.3 cm³/mol. The molecule has 1 N–H and O–H groups in total. The average Bonchev–Trinajstić information content (AvgIpc) is 2.66. The highest BCUT2D eigenvalue weighted by atomic mass is 32.2. The van der Waals surface area contributed by atoms with E-state index < -0.39 is 20.5 Å². The molecule has 0 aliphatic rings. The van der Waals surface area contributed by atoms with E-state index in [0.29, 0.717) is 17.2 Å². The largest absolute Gasteiger partial charge is 0.323 e. The molecule has 0 radical (unpaired) electrons. The van der Waals surface area contributed by atoms with Gasteiger partial charge in [-0.3, -0.25) is 4.79 Å². The van der Waals surface area contributed by atoms with Crippen molar-refractivity contribution < 1.29 is 13.2 Å². The lowest BCUT2D eigenvalue weighted by atomic mass is 10.2. The molecule has 7 nitrogen and oxygen atoms in total. The number of hydrogen-bond acceptors (Lipinski definition) is 5. The van der Waals surface area contributed by atoms with Crippen LogP contribution in [-0.2, 0) is 14.6 Å². The van der Waals surface area contributed by atoms with E-state index in [2.05, 4.69) is 15.4 Å². The Bertz CT molecular complexity index is 777. The summed E-state index contributed by atoms with van der Waals surface area (Å²) < 4.78 is 23.3. The highest BCUT2D eigenvalue weighted by molar-refractivity contribution is 7.92. The van der Waals surface area contributed by atoms with Crippen molar-refractivity contribution in [2.24, 2.45) is 0 Å². The molecule has 2 aromatic rings. The minimum absolute atomic E-state index is 0.462. The zero-order chi connectivity index (χ0) is 15.1. The number of rotatable bonds is 3. The van der Waals surface area contributed by atoms with Gasteiger partial charge in [-0.1, -0.05) is 0 Å². The van der Waals surface area contributed by atoms with E-state index in [0.717, 1.165) is 6.26 Å². The lowest BCUT2D eigenvalue weighted by Crippen LogP contribution is -2.43. The number of fused-ring (bicyclic) bond motifs is 1. The Morgan fingerprint density at radius 1 is 1.35 bits per heavy atom. The molecule has 1 amide bonds. The first-order valence-corrected chi connectivity index (χ1v) is 7.84. The summed E-state index contributed by atoms with van der Waals surface area (Å²) in [5, 5.41) is 6.71. The van der Waals surface area contributed by atoms with Crippen LogP contribution >= 0.6 is 0 Å². The number of aromatic nitrogens is 3. The Kier molecular flexibility index (Phi) is 3.29. The molecule has 2 heterocycles. The molecule has 0 bridgehead atoms. The van der Waals surface area contributed by atoms with E-state index >= 15 is 0 Å². The molecule has 0 fully saturated rings. The predicted octanol–water partition coefficient (Wildman–Crippen LogP) is 0.799. The maximum absolute atomic E-state index is 12.1. The zero-order valence-electron chi connectivity index (χ0n) is 11.7. The van der Waals surface area contributed by atoms with E-state index in [4.69, 9.17) is 0 Å². The summed E-state index contributed by atoms with van der Waals surface area (Å²) in [4.78, 5) is 16.3. The van der Waals surface area contributed by atoms with Crippen LogP contribution in [0.3, 0.4) is 0 Å². The Balaban J connectivity index is 2.30. The maximum Gasteiger partial charge on any atom is 0.245 e. The molecular weight excluding hydrogens is 280 g/mol. The van der Waals surface area contributed by atoms with E-state index in [1.807, 2.05) is 0 Å². The van der Waals surface area contributed by atoms with Gasteiger partial charge in [-0.25, -0.2) is 17.9 Å². The van der Waals surface area contributed by atoms with Crippen molar-refractivity contribution in [1.82, 2.24) is 14.6 Å². The minimum Gasteiger partial charge on any atom is -0.323 e. The van der Waals surface area contributed by atoms with Crippen LogP contribution in [0, 0.1) is 6.92 Å². The van der Waals surface area contributed by atoms with Gasteiger partial charge in [-0.2, -0.15) is 5.10 Å². The highest BCUT2D eigenvalue weighted by Crippen LogP contribution is 2.18. The third-order valence-electron chi connectivity index (χ3n) is 3.17. The molecule has 0 spiro atoms. The molecule has 2 aromatic heterocycles. The van der Waals surface area contributed by atoms with Crippen LogP contribution in [0.4, 0.5) is 5.69 Å². The van der Waals surface area contributed by atoms with Gasteiger partial charge in [0.25, 0.3) is 0 Å². The Labute approximate surface area is 116 Å². The number of nitrogens with one attached hydrogen (secondary N) is 1. The van der Waals surface area contributed by atoms with Gasteiger partial charge in [-0.05, 0) is 32.9 Å². The van der Waals surface area contributed by atoms with E-state index in [1.165, 1.54) is 18.4 Å². The van der Waals surface area contributed by atoms with Crippen molar-refractivity contribution in [2.75, 3.05) is 11.6 Å². The first-order chi connectivity index (χ1) is 9.11. The molecule has 0 unspecified atom stereocenters. The summed E-state index contributed by atoms with van der Waals surface area (Å²) in [7, 11) is -3.51. The number of carbonyl (C=O) groups excluding carboxylic acids is 1. The van der Waals surface area contributed by atoms with Gasteiger partial charge in [0.1, 0.15) is 10.6 Å². The van der Waals surface area contributed by atoms with Crippen molar-refractivity contribution in [3.05, 3.63) is 24.2 Å². The second kappa shape index (κ2) is 4.55. The fraction of sp³-hybridized carbons (Fsp3) is 0.417. The van der Waals surface area contributed by atoms with Crippen molar-refractivity contribution in [1.29, 1.82) is 0 Å². The Morgan fingerprint density at radius 2 is 2.00 bits per heavy atom. The fourth-order valence-electron chi connectivity index (χ4n) is 1.52. The zero-order valence-corrected chi connectivity index (χ0v) is 12.5. The molecule has 20 heavy (non-hydrogen) atoms. The number of anilines is 1. The van der Waals surface area contributed by atoms with Gasteiger partial charge in [-0.15, -0.1) is 0 Å². The standard InChI is InChI=1S/C12H16N4O3S/c1-8-13-10-6-5-9(7-16(10)15-8)14-11(17)12(2,3)20(4,18)19/h5-7H,1-4H3,(H,14,17). The fourth-order valence-corrected chi connectivity index (χ4v) is 1.91. The van der Waals surface area contributed by atoms with Crippen molar-refractivity contribution in [3.63, 3.8) is 0 Å². The van der Waals surface area contributed by atoms with Crippen molar-refractivity contribution >= 4 is 27.1 Å². The quantitative estimate of drug-likeness (QED) is 0.904. The first kappa shape index (κ1) is 14.4. The molecule has 2 rings (SSSR count). The van der Waals surface area contributed by atoms with Gasteiger partial charge in [0.15, 0.2) is 15.5 Å². The monoisotopic (exact) mass is 296 g/mol. The van der Waals surface area contributed by atoms with E-state index in [9.17, 15) is 13.2 Å². The summed E-state index contributed by atoms with van der Waals surface area (Å²) in [6.45, 7) is 4.50. The van der Waals surface area contributed by atoms with Crippen LogP contribution in [0.5, 0.6) is 0 Å².